The number of hydrogen-bond donors (Lipinski definition) is 0. The van der Waals surface area contributed by atoms with Crippen LogP contribution in [0.25, 0.3) is 0 Å². The van der Waals surface area contributed by atoms with Gasteiger partial charge in [0.2, 0.25) is 0 Å². The molecule has 0 saturated carbocycles. The fraction of sp³-hybridized carbons (Fsp3) is 0.625. The average molecular weight is 141 g/mol. The molecule has 0 aliphatic heterocycles. The van der Waals surface area contributed by atoms with Crippen LogP contribution in [0.4, 0.5) is 0 Å². The second-order valence-corrected chi connectivity index (χ2v) is 2.11. The maximum Gasteiger partial charge on any atom is 0.127 e. The average Bonchev–Trinajstić information content (AvgIpc) is 2.42. The van der Waals surface area contributed by atoms with Gasteiger partial charge in [-0.3, -0.25) is 0 Å². The predicted octanol–water partition coefficient (Wildman–Crippen LogP) is 2.82. The van der Waals surface area contributed by atoms with Gasteiger partial charge in [-0.25, -0.2) is 0 Å². The zero-order valence-electron chi connectivity index (χ0n) is 7.09. The van der Waals surface area contributed by atoms with E-state index in [1.54, 1.807) is 12.5 Å². The molecule has 0 aromatic carbocycles. The van der Waals surface area contributed by atoms with Gasteiger partial charge in [-0.05, 0) is 5.92 Å². The molecular weight excluding hydrogens is 126 g/mol. The summed E-state index contributed by atoms with van der Waals surface area (Å²) in [7, 11) is 0. The molecule has 1 aromatic rings. The normalized spacial score (nSPS) is 8.90. The van der Waals surface area contributed by atoms with E-state index in [1.165, 1.54) is 0 Å². The Kier molecular flexibility index (Phi) is 4.63. The van der Waals surface area contributed by atoms with Gasteiger partial charge in [0.15, 0.2) is 0 Å². The Morgan fingerprint density at radius 2 is 2.00 bits per heavy atom. The molecule has 2 nitrogen and oxygen atoms in total. The molecule has 1 aromatic heterocycles. The molecule has 2 heteroatoms. The van der Waals surface area contributed by atoms with Crippen LogP contribution in [0.15, 0.2) is 17.0 Å². The largest absolute Gasteiger partial charge is 0.364 e. The van der Waals surface area contributed by atoms with E-state index < -0.39 is 0 Å². The van der Waals surface area contributed by atoms with Crippen molar-refractivity contribution in [2.45, 2.75) is 33.6 Å². The van der Waals surface area contributed by atoms with Gasteiger partial charge in [0, 0.05) is 5.56 Å². The molecule has 1 rings (SSSR count). The fourth-order valence-corrected chi connectivity index (χ4v) is 0.498. The van der Waals surface area contributed by atoms with Gasteiger partial charge in [-0.15, -0.1) is 0 Å². The van der Waals surface area contributed by atoms with Crippen molar-refractivity contribution in [1.82, 2.24) is 5.16 Å². The first-order valence-corrected chi connectivity index (χ1v) is 3.70. The van der Waals surface area contributed by atoms with Crippen molar-refractivity contribution in [1.29, 1.82) is 0 Å². The van der Waals surface area contributed by atoms with Crippen molar-refractivity contribution in [3.63, 3.8) is 0 Å². The lowest BCUT2D eigenvalue weighted by Crippen LogP contribution is -1.79. The van der Waals surface area contributed by atoms with Crippen LogP contribution in [-0.4, -0.2) is 5.16 Å². The highest BCUT2D eigenvalue weighted by Crippen LogP contribution is 2.10. The number of nitrogens with zero attached hydrogens (tertiary/aromatic N) is 1. The topological polar surface area (TPSA) is 26.0 Å². The highest BCUT2D eigenvalue weighted by atomic mass is 16.5. The summed E-state index contributed by atoms with van der Waals surface area (Å²) < 4.78 is 4.63. The molecule has 0 bridgehead atoms. The van der Waals surface area contributed by atoms with Crippen molar-refractivity contribution in [2.24, 2.45) is 0 Å². The predicted molar refractivity (Wildman–Crippen MR) is 41.9 cm³/mol. The van der Waals surface area contributed by atoms with Gasteiger partial charge >= 0.3 is 0 Å². The smallest absolute Gasteiger partial charge is 0.127 e. The SMILES string of the molecule is CC.CC(C)c1cnoc1. The first-order valence-electron chi connectivity index (χ1n) is 3.70. The standard InChI is InChI=1S/C6H9NO.C2H6/c1-5(2)6-3-7-8-4-6;1-2/h3-5H,1-2H3;1-2H3. The van der Waals surface area contributed by atoms with Crippen molar-refractivity contribution >= 4 is 0 Å². The molecule has 0 saturated heterocycles. The fourth-order valence-electron chi connectivity index (χ4n) is 0.498. The Morgan fingerprint density at radius 3 is 2.20 bits per heavy atom. The molecular formula is C8H15NO. The summed E-state index contributed by atoms with van der Waals surface area (Å²) in [6, 6.07) is 0. The van der Waals surface area contributed by atoms with Gasteiger partial charge in [0.25, 0.3) is 0 Å². The zero-order valence-corrected chi connectivity index (χ0v) is 7.09. The maximum atomic E-state index is 4.63. The van der Waals surface area contributed by atoms with Crippen LogP contribution in [0, 0.1) is 0 Å². The Morgan fingerprint density at radius 1 is 1.40 bits per heavy atom. The molecule has 0 atom stereocenters. The van der Waals surface area contributed by atoms with Crippen LogP contribution < -0.4 is 0 Å². The molecule has 10 heavy (non-hydrogen) atoms. The van der Waals surface area contributed by atoms with Gasteiger partial charge in [0.1, 0.15) is 6.26 Å². The van der Waals surface area contributed by atoms with Crippen LogP contribution in [-0.2, 0) is 0 Å². The number of rotatable bonds is 1. The second-order valence-electron chi connectivity index (χ2n) is 2.11. The lowest BCUT2D eigenvalue weighted by Gasteiger charge is -1.93. The molecule has 0 spiro atoms. The molecule has 0 unspecified atom stereocenters. The van der Waals surface area contributed by atoms with Gasteiger partial charge in [-0.2, -0.15) is 0 Å². The molecule has 0 aliphatic rings. The van der Waals surface area contributed by atoms with Gasteiger partial charge in [-0.1, -0.05) is 32.9 Å². The minimum atomic E-state index is 0.529. The van der Waals surface area contributed by atoms with E-state index in [4.69, 9.17) is 0 Å². The Balaban J connectivity index is 0.000000371. The summed E-state index contributed by atoms with van der Waals surface area (Å²) in [5, 5.41) is 3.57. The van der Waals surface area contributed by atoms with E-state index >= 15 is 0 Å². The highest BCUT2D eigenvalue weighted by molar-refractivity contribution is 5.04. The second kappa shape index (κ2) is 5.03. The summed E-state index contributed by atoms with van der Waals surface area (Å²) in [5.74, 6) is 0.529. The van der Waals surface area contributed by atoms with E-state index in [-0.39, 0.29) is 0 Å². The van der Waals surface area contributed by atoms with E-state index in [0.29, 0.717) is 5.92 Å². The van der Waals surface area contributed by atoms with Crippen LogP contribution in [0.5, 0.6) is 0 Å². The van der Waals surface area contributed by atoms with Crippen molar-refractivity contribution in [3.8, 4) is 0 Å². The molecule has 0 aliphatic carbocycles. The minimum Gasteiger partial charge on any atom is -0.364 e. The van der Waals surface area contributed by atoms with Crippen molar-refractivity contribution in [3.05, 3.63) is 18.0 Å². The quantitative estimate of drug-likeness (QED) is 0.601. The summed E-state index contributed by atoms with van der Waals surface area (Å²) in [6.07, 6.45) is 3.41. The Bertz CT molecular complexity index is 144. The summed E-state index contributed by atoms with van der Waals surface area (Å²) >= 11 is 0. The molecule has 0 radical (unpaired) electrons. The van der Waals surface area contributed by atoms with E-state index in [9.17, 15) is 0 Å². The van der Waals surface area contributed by atoms with Crippen LogP contribution in [0.2, 0.25) is 0 Å². The lowest BCUT2D eigenvalue weighted by atomic mass is 10.1. The zero-order chi connectivity index (χ0) is 7.98. The van der Waals surface area contributed by atoms with Crippen LogP contribution >= 0.6 is 0 Å². The molecule has 1 heterocycles. The van der Waals surface area contributed by atoms with E-state index in [1.807, 2.05) is 13.8 Å². The molecule has 0 N–H and O–H groups in total. The third-order valence-corrected chi connectivity index (χ3v) is 1.12. The number of aromatic nitrogens is 1. The van der Waals surface area contributed by atoms with Gasteiger partial charge < -0.3 is 4.52 Å². The Hall–Kier alpha value is -0.790. The number of hydrogen-bond acceptors (Lipinski definition) is 2. The van der Waals surface area contributed by atoms with Crippen molar-refractivity contribution < 1.29 is 4.52 Å². The van der Waals surface area contributed by atoms with Gasteiger partial charge in [0.05, 0.1) is 6.20 Å². The first-order chi connectivity index (χ1) is 4.80. The third-order valence-electron chi connectivity index (χ3n) is 1.12. The Labute approximate surface area is 62.2 Å². The monoisotopic (exact) mass is 141 g/mol. The summed E-state index contributed by atoms with van der Waals surface area (Å²) in [4.78, 5) is 0. The molecule has 0 fully saturated rings. The van der Waals surface area contributed by atoms with Crippen LogP contribution in [0.1, 0.15) is 39.2 Å². The molecule has 0 amide bonds. The van der Waals surface area contributed by atoms with Crippen LogP contribution in [0.3, 0.4) is 0 Å². The third kappa shape index (κ3) is 2.67. The van der Waals surface area contributed by atoms with E-state index in [2.05, 4.69) is 23.5 Å². The maximum absolute atomic E-state index is 4.63. The minimum absolute atomic E-state index is 0.529. The lowest BCUT2D eigenvalue weighted by molar-refractivity contribution is 0.418. The highest BCUT2D eigenvalue weighted by Gasteiger charge is 1.98. The first kappa shape index (κ1) is 9.21. The molecule has 58 valence electrons. The van der Waals surface area contributed by atoms with E-state index in [0.717, 1.165) is 5.56 Å². The van der Waals surface area contributed by atoms with Crippen molar-refractivity contribution in [2.75, 3.05) is 0 Å². The summed E-state index contributed by atoms with van der Waals surface area (Å²) in [5.41, 5.74) is 1.16. The summed E-state index contributed by atoms with van der Waals surface area (Å²) in [6.45, 7) is 8.21.